The average molecular weight is 337 g/mol. The normalized spacial score (nSPS) is 20.2. The van der Waals surface area contributed by atoms with Gasteiger partial charge in [0, 0.05) is 32.3 Å². The Bertz CT molecular complexity index is 886. The molecule has 3 aromatic rings. The first kappa shape index (κ1) is 15.6. The van der Waals surface area contributed by atoms with Gasteiger partial charge in [-0.05, 0) is 18.6 Å². The van der Waals surface area contributed by atoms with Crippen LogP contribution in [0, 0.1) is 6.92 Å². The van der Waals surface area contributed by atoms with Crippen LogP contribution in [-0.4, -0.2) is 43.8 Å². The highest BCUT2D eigenvalue weighted by atomic mass is 16.5. The molecule has 0 bridgehead atoms. The monoisotopic (exact) mass is 337 g/mol. The molecule has 1 amide bonds. The van der Waals surface area contributed by atoms with Crippen molar-refractivity contribution in [2.75, 3.05) is 13.1 Å². The highest BCUT2D eigenvalue weighted by molar-refractivity contribution is 5.92. The van der Waals surface area contributed by atoms with E-state index in [0.29, 0.717) is 30.5 Å². The molecule has 1 aromatic carbocycles. The van der Waals surface area contributed by atoms with Crippen LogP contribution in [0.3, 0.4) is 0 Å². The average Bonchev–Trinajstić information content (AvgIpc) is 3.34. The lowest BCUT2D eigenvalue weighted by Crippen LogP contribution is -2.30. The number of aromatic nitrogens is 4. The zero-order valence-electron chi connectivity index (χ0n) is 14.2. The second kappa shape index (κ2) is 6.16. The maximum atomic E-state index is 12.9. The van der Waals surface area contributed by atoms with Gasteiger partial charge >= 0.3 is 0 Å². The predicted octanol–water partition coefficient (Wildman–Crippen LogP) is 2.13. The Kier molecular flexibility index (Phi) is 3.83. The minimum absolute atomic E-state index is 0.0132. The van der Waals surface area contributed by atoms with E-state index in [9.17, 15) is 4.79 Å². The fourth-order valence-corrected chi connectivity index (χ4v) is 3.47. The van der Waals surface area contributed by atoms with Crippen molar-refractivity contribution in [3.05, 3.63) is 65.6 Å². The minimum atomic E-state index is -0.0281. The van der Waals surface area contributed by atoms with Gasteiger partial charge in [0.15, 0.2) is 5.82 Å². The van der Waals surface area contributed by atoms with Gasteiger partial charge in [-0.25, -0.2) is 0 Å². The van der Waals surface area contributed by atoms with E-state index in [0.717, 1.165) is 0 Å². The van der Waals surface area contributed by atoms with Crippen molar-refractivity contribution < 1.29 is 9.32 Å². The molecule has 2 aromatic heterocycles. The van der Waals surface area contributed by atoms with Crippen LogP contribution in [0.1, 0.15) is 39.6 Å². The summed E-state index contributed by atoms with van der Waals surface area (Å²) in [6, 6.07) is 11.9. The topological polar surface area (TPSA) is 77.0 Å². The lowest BCUT2D eigenvalue weighted by molar-refractivity contribution is 0.0777. The summed E-state index contributed by atoms with van der Waals surface area (Å²) in [7, 11) is 1.77. The molecular weight excluding hydrogens is 318 g/mol. The van der Waals surface area contributed by atoms with Gasteiger partial charge in [0.2, 0.25) is 5.89 Å². The van der Waals surface area contributed by atoms with Crippen molar-refractivity contribution in [2.45, 2.75) is 18.8 Å². The van der Waals surface area contributed by atoms with Crippen molar-refractivity contribution in [1.82, 2.24) is 24.8 Å². The summed E-state index contributed by atoms with van der Waals surface area (Å²) < 4.78 is 7.03. The Morgan fingerprint density at radius 3 is 2.56 bits per heavy atom. The number of nitrogens with zero attached hydrogens (tertiary/aromatic N) is 5. The van der Waals surface area contributed by atoms with Crippen molar-refractivity contribution in [3.63, 3.8) is 0 Å². The largest absolute Gasteiger partial charge is 0.339 e. The molecule has 4 rings (SSSR count). The third kappa shape index (κ3) is 2.82. The van der Waals surface area contributed by atoms with Gasteiger partial charge in [-0.3, -0.25) is 9.48 Å². The Labute approximate surface area is 145 Å². The van der Waals surface area contributed by atoms with Crippen LogP contribution in [0.15, 0.2) is 47.1 Å². The van der Waals surface area contributed by atoms with Crippen LogP contribution in [0.4, 0.5) is 0 Å². The molecule has 0 aliphatic carbocycles. The quantitative estimate of drug-likeness (QED) is 0.732. The van der Waals surface area contributed by atoms with Crippen LogP contribution < -0.4 is 0 Å². The number of rotatable bonds is 3. The van der Waals surface area contributed by atoms with Crippen LogP contribution in [0.25, 0.3) is 0 Å². The Hall–Kier alpha value is -2.96. The predicted molar refractivity (Wildman–Crippen MR) is 90.1 cm³/mol. The number of hydrogen-bond donors (Lipinski definition) is 0. The second-order valence-corrected chi connectivity index (χ2v) is 6.35. The van der Waals surface area contributed by atoms with E-state index < -0.39 is 0 Å². The number of hydrogen-bond acceptors (Lipinski definition) is 5. The standard InChI is InChI=1S/C18H19N5O2/c1-12-20-17(25-21-12)15-11-23(18(24)16-8-9-19-22(16)2)10-14(15)13-6-4-3-5-7-13/h3-9,14-15H,10-11H2,1-2H3/t14-,15-/m1/s1. The van der Waals surface area contributed by atoms with Crippen molar-refractivity contribution in [3.8, 4) is 0 Å². The summed E-state index contributed by atoms with van der Waals surface area (Å²) in [6.07, 6.45) is 1.64. The molecular formula is C18H19N5O2. The van der Waals surface area contributed by atoms with Gasteiger partial charge in [0.05, 0.1) is 5.92 Å². The van der Waals surface area contributed by atoms with Gasteiger partial charge < -0.3 is 9.42 Å². The molecule has 7 heteroatoms. The second-order valence-electron chi connectivity index (χ2n) is 6.35. The lowest BCUT2D eigenvalue weighted by atomic mass is 9.89. The Morgan fingerprint density at radius 1 is 1.16 bits per heavy atom. The molecule has 1 aliphatic rings. The van der Waals surface area contributed by atoms with E-state index in [1.807, 2.05) is 23.1 Å². The number of carbonyl (C=O) groups is 1. The highest BCUT2D eigenvalue weighted by Crippen LogP contribution is 2.39. The van der Waals surface area contributed by atoms with Crippen LogP contribution >= 0.6 is 0 Å². The van der Waals surface area contributed by atoms with Crippen LogP contribution in [0.5, 0.6) is 0 Å². The van der Waals surface area contributed by atoms with Crippen molar-refractivity contribution >= 4 is 5.91 Å². The molecule has 1 saturated heterocycles. The molecule has 3 heterocycles. The van der Waals surface area contributed by atoms with E-state index in [2.05, 4.69) is 27.4 Å². The van der Waals surface area contributed by atoms with Crippen LogP contribution in [-0.2, 0) is 7.05 Å². The third-order valence-electron chi connectivity index (χ3n) is 4.74. The fraction of sp³-hybridized carbons (Fsp3) is 0.333. The van der Waals surface area contributed by atoms with E-state index in [-0.39, 0.29) is 17.7 Å². The van der Waals surface area contributed by atoms with E-state index in [4.69, 9.17) is 4.52 Å². The maximum absolute atomic E-state index is 12.9. The van der Waals surface area contributed by atoms with Crippen LogP contribution in [0.2, 0.25) is 0 Å². The smallest absolute Gasteiger partial charge is 0.272 e. The Balaban J connectivity index is 1.67. The zero-order chi connectivity index (χ0) is 17.4. The molecule has 128 valence electrons. The molecule has 7 nitrogen and oxygen atoms in total. The van der Waals surface area contributed by atoms with Gasteiger partial charge in [-0.15, -0.1) is 0 Å². The summed E-state index contributed by atoms with van der Waals surface area (Å²) in [5.41, 5.74) is 1.75. The number of carbonyl (C=O) groups excluding carboxylic acids is 1. The van der Waals surface area contributed by atoms with Gasteiger partial charge in [0.25, 0.3) is 5.91 Å². The first-order valence-corrected chi connectivity index (χ1v) is 8.26. The minimum Gasteiger partial charge on any atom is -0.339 e. The van der Waals surface area contributed by atoms with Gasteiger partial charge in [0.1, 0.15) is 5.69 Å². The summed E-state index contributed by atoms with van der Waals surface area (Å²) in [5, 5.41) is 8.01. The molecule has 0 spiro atoms. The third-order valence-corrected chi connectivity index (χ3v) is 4.74. The van der Waals surface area contributed by atoms with Crippen molar-refractivity contribution in [1.29, 1.82) is 0 Å². The van der Waals surface area contributed by atoms with Gasteiger partial charge in [-0.2, -0.15) is 10.1 Å². The molecule has 1 fully saturated rings. The Morgan fingerprint density at radius 2 is 1.92 bits per heavy atom. The molecule has 1 aliphatic heterocycles. The summed E-state index contributed by atoms with van der Waals surface area (Å²) in [5.74, 6) is 1.28. The SMILES string of the molecule is Cc1noc([C@@H]2CN(C(=O)c3ccnn3C)C[C@@H]2c2ccccc2)n1. The molecule has 0 saturated carbocycles. The summed E-state index contributed by atoms with van der Waals surface area (Å²) in [4.78, 5) is 19.1. The maximum Gasteiger partial charge on any atom is 0.272 e. The number of amides is 1. The fourth-order valence-electron chi connectivity index (χ4n) is 3.47. The molecule has 0 radical (unpaired) electrons. The van der Waals surface area contributed by atoms with E-state index >= 15 is 0 Å². The molecule has 0 unspecified atom stereocenters. The molecule has 0 N–H and O–H groups in total. The highest BCUT2D eigenvalue weighted by Gasteiger charge is 2.40. The van der Waals surface area contributed by atoms with Gasteiger partial charge in [-0.1, -0.05) is 35.5 Å². The first-order chi connectivity index (χ1) is 12.1. The first-order valence-electron chi connectivity index (χ1n) is 8.26. The zero-order valence-corrected chi connectivity index (χ0v) is 14.2. The van der Waals surface area contributed by atoms with E-state index in [1.54, 1.807) is 30.9 Å². The molecule has 2 atom stereocenters. The van der Waals surface area contributed by atoms with Crippen molar-refractivity contribution in [2.24, 2.45) is 7.05 Å². The number of likely N-dealkylation sites (tertiary alicyclic amines) is 1. The summed E-state index contributed by atoms with van der Waals surface area (Å²) in [6.45, 7) is 2.96. The number of benzene rings is 1. The number of aryl methyl sites for hydroxylation is 2. The molecule has 25 heavy (non-hydrogen) atoms. The lowest BCUT2D eigenvalue weighted by Gasteiger charge is -2.16. The summed E-state index contributed by atoms with van der Waals surface area (Å²) >= 11 is 0. The van der Waals surface area contributed by atoms with E-state index in [1.165, 1.54) is 5.56 Å².